The van der Waals surface area contributed by atoms with Gasteiger partial charge in [0, 0.05) is 43.7 Å². The van der Waals surface area contributed by atoms with Gasteiger partial charge in [0.25, 0.3) is 0 Å². The van der Waals surface area contributed by atoms with E-state index in [1.165, 1.54) is 42.8 Å². The van der Waals surface area contributed by atoms with Crippen LogP contribution in [0.3, 0.4) is 0 Å². The fourth-order valence-corrected chi connectivity index (χ4v) is 11.5. The number of hydrogen-bond donors (Lipinski definition) is 0. The van der Waals surface area contributed by atoms with Crippen molar-refractivity contribution >= 4 is 61.1 Å². The lowest BCUT2D eigenvalue weighted by molar-refractivity contribution is 0.720. The van der Waals surface area contributed by atoms with E-state index >= 15 is 0 Å². The van der Waals surface area contributed by atoms with E-state index in [0.717, 1.165) is 66.7 Å². The molecule has 0 bridgehead atoms. The normalized spacial score (nSPS) is 13.4. The van der Waals surface area contributed by atoms with Gasteiger partial charge in [0.2, 0.25) is 5.69 Å². The molecule has 0 N–H and O–H groups in total. The molecule has 1 aliphatic carbocycles. The average molecular weight is 782 g/mol. The Kier molecular flexibility index (Phi) is 6.87. The molecule has 5 nitrogen and oxygen atoms in total. The van der Waals surface area contributed by atoms with Crippen molar-refractivity contribution in [1.29, 1.82) is 0 Å². The third-order valence-electron chi connectivity index (χ3n) is 12.7. The van der Waals surface area contributed by atoms with Crippen LogP contribution in [0.4, 0.5) is 5.69 Å². The van der Waals surface area contributed by atoms with Gasteiger partial charge in [0.05, 0.1) is 56.8 Å². The Balaban J connectivity index is 1.05. The average Bonchev–Trinajstić information content (AvgIpc) is 3.93. The molecule has 0 amide bonds. The maximum atomic E-state index is 8.47. The van der Waals surface area contributed by atoms with Crippen molar-refractivity contribution in [2.75, 3.05) is 0 Å². The quantitative estimate of drug-likeness (QED) is 0.168. The van der Waals surface area contributed by atoms with Crippen molar-refractivity contribution < 1.29 is 0 Å². The lowest BCUT2D eigenvalue weighted by Gasteiger charge is -2.39. The topological polar surface area (TPSA) is 40.0 Å². The molecule has 0 unspecified atom stereocenters. The zero-order valence-corrected chi connectivity index (χ0v) is 32.9. The van der Waals surface area contributed by atoms with E-state index in [0.29, 0.717) is 5.69 Å². The van der Waals surface area contributed by atoms with Crippen molar-refractivity contribution in [2.45, 2.75) is 15.2 Å². The Hall–Kier alpha value is -7.72. The van der Waals surface area contributed by atoms with Crippen molar-refractivity contribution in [3.63, 3.8) is 0 Å². The summed E-state index contributed by atoms with van der Waals surface area (Å²) < 4.78 is 4.63. The minimum absolute atomic E-state index is 0.562. The number of para-hydroxylation sites is 4. The van der Waals surface area contributed by atoms with Crippen LogP contribution < -0.4 is 0 Å². The number of hydrogen-bond acceptors (Lipinski definition) is 3. The molecule has 0 atom stereocenters. The molecule has 7 aromatic carbocycles. The SMILES string of the molecule is [C-]#[N+]c1cccc(-n2c3ccccc3c3ccccc32)c1-n1c2ccccc2c2cc(-c3ccc4c(c3)C3(c5ccccc5S4)c4cccnc4-c4ncccc43)ccc21. The van der Waals surface area contributed by atoms with E-state index < -0.39 is 5.41 Å². The van der Waals surface area contributed by atoms with Gasteiger partial charge in [0.15, 0.2) is 0 Å². The Bertz CT molecular complexity index is 3580. The number of fused-ring (bicyclic) bond motifs is 15. The van der Waals surface area contributed by atoms with Crippen LogP contribution in [-0.2, 0) is 5.41 Å². The standard InChI is InChI=1S/C54H31N5S/c1-55-43-19-10-23-48(58-44-20-6-2-13-35(44)36-14-3-7-21-45(36)58)53(43)59-46-22-8-4-15-37(46)38-31-33(25-27-47(38)59)34-26-28-50-42(32-34)54(39-16-5-9-24-49(39)60-50)40-17-11-29-56-51(40)52-41(54)18-12-30-57-52/h2-32H. The molecule has 4 aromatic heterocycles. The smallest absolute Gasteiger partial charge is 0.212 e. The lowest BCUT2D eigenvalue weighted by atomic mass is 9.67. The van der Waals surface area contributed by atoms with Crippen LogP contribution in [0.2, 0.25) is 0 Å². The van der Waals surface area contributed by atoms with E-state index in [9.17, 15) is 0 Å². The van der Waals surface area contributed by atoms with Gasteiger partial charge in [-0.2, -0.15) is 0 Å². The minimum Gasteiger partial charge on any atom is -0.317 e. The maximum absolute atomic E-state index is 8.47. The molecule has 1 spiro atoms. The van der Waals surface area contributed by atoms with E-state index in [4.69, 9.17) is 16.5 Å². The first-order valence-corrected chi connectivity index (χ1v) is 20.9. The third-order valence-corrected chi connectivity index (χ3v) is 13.9. The van der Waals surface area contributed by atoms with Crippen molar-refractivity contribution in [2.24, 2.45) is 0 Å². The number of benzene rings is 7. The highest BCUT2D eigenvalue weighted by atomic mass is 32.2. The third kappa shape index (κ3) is 4.31. The zero-order valence-electron chi connectivity index (χ0n) is 32.0. The van der Waals surface area contributed by atoms with Crippen LogP contribution in [0, 0.1) is 6.57 Å². The van der Waals surface area contributed by atoms with Crippen molar-refractivity contribution in [3.8, 4) is 33.9 Å². The Morgan fingerprint density at radius 2 is 1.00 bits per heavy atom. The first kappa shape index (κ1) is 33.3. The van der Waals surface area contributed by atoms with E-state index in [1.807, 2.05) is 36.3 Å². The van der Waals surface area contributed by atoms with Crippen molar-refractivity contribution in [1.82, 2.24) is 19.1 Å². The molecule has 5 heterocycles. The fraction of sp³-hybridized carbons (Fsp3) is 0.0185. The molecule has 0 radical (unpaired) electrons. The van der Waals surface area contributed by atoms with Crippen LogP contribution in [0.15, 0.2) is 198 Å². The number of nitrogens with zero attached hydrogens (tertiary/aromatic N) is 5. The summed E-state index contributed by atoms with van der Waals surface area (Å²) in [7, 11) is 0. The number of rotatable bonds is 3. The van der Waals surface area contributed by atoms with Gasteiger partial charge < -0.3 is 9.13 Å². The van der Waals surface area contributed by atoms with Crippen LogP contribution in [-0.4, -0.2) is 19.1 Å². The molecule has 1 aliphatic heterocycles. The summed E-state index contributed by atoms with van der Waals surface area (Å²) in [6.07, 6.45) is 3.76. The summed E-state index contributed by atoms with van der Waals surface area (Å²) in [5.41, 5.74) is 15.2. The van der Waals surface area contributed by atoms with Gasteiger partial charge in [-0.25, -0.2) is 4.85 Å². The second-order valence-corrected chi connectivity index (χ2v) is 16.7. The van der Waals surface area contributed by atoms with Crippen LogP contribution in [0.1, 0.15) is 22.3 Å². The minimum atomic E-state index is -0.562. The Labute approximate surface area is 349 Å². The first-order chi connectivity index (χ1) is 29.7. The molecule has 2 aliphatic rings. The second kappa shape index (κ2) is 12.4. The maximum Gasteiger partial charge on any atom is 0.212 e. The van der Waals surface area contributed by atoms with Gasteiger partial charge >= 0.3 is 0 Å². The van der Waals surface area contributed by atoms with Gasteiger partial charge in [-0.05, 0) is 100 Å². The fourth-order valence-electron chi connectivity index (χ4n) is 10.3. The molecule has 60 heavy (non-hydrogen) atoms. The highest BCUT2D eigenvalue weighted by Crippen LogP contribution is 2.61. The van der Waals surface area contributed by atoms with Gasteiger partial charge in [0.1, 0.15) is 0 Å². The Morgan fingerprint density at radius 1 is 0.450 bits per heavy atom. The molecule has 6 heteroatoms. The number of pyridine rings is 2. The van der Waals surface area contributed by atoms with Crippen molar-refractivity contribution in [3.05, 3.63) is 222 Å². The van der Waals surface area contributed by atoms with Gasteiger partial charge in [-0.1, -0.05) is 121 Å². The first-order valence-electron chi connectivity index (χ1n) is 20.1. The summed E-state index contributed by atoms with van der Waals surface area (Å²) in [5, 5.41) is 4.64. The summed E-state index contributed by atoms with van der Waals surface area (Å²) in [5.74, 6) is 0. The molecule has 278 valence electrons. The molecular weight excluding hydrogens is 751 g/mol. The van der Waals surface area contributed by atoms with Gasteiger partial charge in [-0.3, -0.25) is 9.97 Å². The van der Waals surface area contributed by atoms with E-state index in [2.05, 4.69) is 178 Å². The molecular formula is C54H31N5S. The largest absolute Gasteiger partial charge is 0.317 e. The molecule has 0 saturated heterocycles. The van der Waals surface area contributed by atoms with Crippen LogP contribution in [0.5, 0.6) is 0 Å². The molecule has 0 saturated carbocycles. The van der Waals surface area contributed by atoms with E-state index in [-0.39, 0.29) is 0 Å². The summed E-state index contributed by atoms with van der Waals surface area (Å²) in [6, 6.07) is 63.0. The summed E-state index contributed by atoms with van der Waals surface area (Å²) in [4.78, 5) is 16.5. The van der Waals surface area contributed by atoms with Crippen LogP contribution in [0.25, 0.3) is 82.3 Å². The van der Waals surface area contributed by atoms with Crippen LogP contribution >= 0.6 is 11.8 Å². The summed E-state index contributed by atoms with van der Waals surface area (Å²) in [6.45, 7) is 8.47. The molecule has 11 aromatic rings. The summed E-state index contributed by atoms with van der Waals surface area (Å²) >= 11 is 1.84. The highest BCUT2D eigenvalue weighted by Gasteiger charge is 2.51. The monoisotopic (exact) mass is 781 g/mol. The van der Waals surface area contributed by atoms with Gasteiger partial charge in [-0.15, -0.1) is 0 Å². The second-order valence-electron chi connectivity index (χ2n) is 15.6. The predicted octanol–water partition coefficient (Wildman–Crippen LogP) is 13.7. The Morgan fingerprint density at radius 3 is 1.70 bits per heavy atom. The molecule has 0 fully saturated rings. The predicted molar refractivity (Wildman–Crippen MR) is 244 cm³/mol. The molecule has 13 rings (SSSR count). The lowest BCUT2D eigenvalue weighted by Crippen LogP contribution is -2.32. The highest BCUT2D eigenvalue weighted by molar-refractivity contribution is 7.99. The van der Waals surface area contributed by atoms with E-state index in [1.54, 1.807) is 0 Å². The number of aromatic nitrogens is 4. The zero-order chi connectivity index (χ0) is 39.5.